The molecule has 0 fully saturated rings. The number of rotatable bonds is 4. The maximum absolute atomic E-state index is 5.58. The number of fused-ring (bicyclic) bond motifs is 1. The van der Waals surface area contributed by atoms with Gasteiger partial charge in [-0.2, -0.15) is 0 Å². The van der Waals surface area contributed by atoms with Crippen LogP contribution in [-0.2, 0) is 12.8 Å². The summed E-state index contributed by atoms with van der Waals surface area (Å²) >= 11 is 0. The third kappa shape index (κ3) is 2.33. The van der Waals surface area contributed by atoms with Gasteiger partial charge in [0.25, 0.3) is 0 Å². The van der Waals surface area contributed by atoms with Gasteiger partial charge in [-0.25, -0.2) is 0 Å². The number of benzene rings is 2. The molecule has 0 heterocycles. The molecular weight excluding hydrogens is 264 g/mol. The van der Waals surface area contributed by atoms with Gasteiger partial charge in [-0.05, 0) is 36.0 Å². The average molecular weight is 284 g/mol. The number of methoxy groups -OCH3 is 3. The number of hydrogen-bond acceptors (Lipinski definition) is 3. The van der Waals surface area contributed by atoms with Crippen molar-refractivity contribution in [1.29, 1.82) is 0 Å². The van der Waals surface area contributed by atoms with E-state index >= 15 is 0 Å². The fourth-order valence-corrected chi connectivity index (χ4v) is 3.13. The Labute approximate surface area is 125 Å². The highest BCUT2D eigenvalue weighted by Gasteiger charge is 2.21. The van der Waals surface area contributed by atoms with E-state index in [1.807, 2.05) is 12.1 Å². The fourth-order valence-electron chi connectivity index (χ4n) is 3.13. The maximum Gasteiger partial charge on any atom is 0.134 e. The van der Waals surface area contributed by atoms with Crippen molar-refractivity contribution in [2.24, 2.45) is 0 Å². The van der Waals surface area contributed by atoms with Gasteiger partial charge in [0.2, 0.25) is 0 Å². The molecule has 1 aliphatic rings. The second kappa shape index (κ2) is 5.68. The summed E-state index contributed by atoms with van der Waals surface area (Å²) in [6.45, 7) is 0. The van der Waals surface area contributed by atoms with Crippen LogP contribution in [0.4, 0.5) is 0 Å². The number of ether oxygens (including phenoxy) is 3. The Morgan fingerprint density at radius 1 is 0.857 bits per heavy atom. The van der Waals surface area contributed by atoms with Gasteiger partial charge >= 0.3 is 0 Å². The predicted octanol–water partition coefficient (Wildman–Crippen LogP) is 3.87. The van der Waals surface area contributed by atoms with Crippen molar-refractivity contribution >= 4 is 0 Å². The van der Waals surface area contributed by atoms with Gasteiger partial charge < -0.3 is 14.2 Å². The summed E-state index contributed by atoms with van der Waals surface area (Å²) in [5, 5.41) is 0. The van der Waals surface area contributed by atoms with E-state index in [9.17, 15) is 0 Å². The lowest BCUT2D eigenvalue weighted by Crippen LogP contribution is -1.97. The van der Waals surface area contributed by atoms with Crippen molar-refractivity contribution in [3.63, 3.8) is 0 Å². The average Bonchev–Trinajstić information content (AvgIpc) is 3.02. The first-order valence-corrected chi connectivity index (χ1v) is 7.19. The monoisotopic (exact) mass is 284 g/mol. The van der Waals surface area contributed by atoms with E-state index in [2.05, 4.69) is 18.2 Å². The Kier molecular flexibility index (Phi) is 3.74. The molecule has 0 spiro atoms. The third-order valence-corrected chi connectivity index (χ3v) is 4.13. The van der Waals surface area contributed by atoms with Gasteiger partial charge in [-0.15, -0.1) is 0 Å². The molecular formula is C18H20O3. The lowest BCUT2D eigenvalue weighted by molar-refractivity contribution is 0.377. The summed E-state index contributed by atoms with van der Waals surface area (Å²) in [6.07, 6.45) is 3.49. The molecule has 1 aliphatic carbocycles. The second-order valence-corrected chi connectivity index (χ2v) is 5.20. The van der Waals surface area contributed by atoms with Crippen LogP contribution in [0.25, 0.3) is 11.1 Å². The van der Waals surface area contributed by atoms with Crippen molar-refractivity contribution < 1.29 is 14.2 Å². The molecule has 21 heavy (non-hydrogen) atoms. The maximum atomic E-state index is 5.58. The molecule has 0 bridgehead atoms. The normalized spacial score (nSPS) is 12.9. The van der Waals surface area contributed by atoms with Crippen LogP contribution in [0.3, 0.4) is 0 Å². The molecule has 0 saturated carbocycles. The molecule has 3 nitrogen and oxygen atoms in total. The van der Waals surface area contributed by atoms with Crippen LogP contribution in [0.2, 0.25) is 0 Å². The van der Waals surface area contributed by atoms with E-state index in [0.29, 0.717) is 0 Å². The van der Waals surface area contributed by atoms with E-state index in [1.54, 1.807) is 21.3 Å². The molecule has 2 aromatic carbocycles. The molecule has 3 heteroatoms. The van der Waals surface area contributed by atoms with Gasteiger partial charge in [0, 0.05) is 12.1 Å². The Morgan fingerprint density at radius 3 is 2.19 bits per heavy atom. The molecule has 110 valence electrons. The molecule has 0 radical (unpaired) electrons. The minimum absolute atomic E-state index is 0.736. The highest BCUT2D eigenvalue weighted by Crippen LogP contribution is 2.44. The van der Waals surface area contributed by atoms with Gasteiger partial charge in [0.05, 0.1) is 26.9 Å². The van der Waals surface area contributed by atoms with Crippen LogP contribution in [0, 0.1) is 0 Å². The van der Waals surface area contributed by atoms with Crippen LogP contribution in [0.1, 0.15) is 17.5 Å². The largest absolute Gasteiger partial charge is 0.496 e. The van der Waals surface area contributed by atoms with Crippen molar-refractivity contribution in [2.45, 2.75) is 19.3 Å². The standard InChI is InChI=1S/C18H20O3/c1-19-13-10-16(20-2)18(17(11-13)21-3)15-9-5-7-12-6-4-8-14(12)15/h5,7,9-11H,4,6,8H2,1-3H3. The second-order valence-electron chi connectivity index (χ2n) is 5.20. The number of hydrogen-bond donors (Lipinski definition) is 0. The van der Waals surface area contributed by atoms with Crippen LogP contribution in [0.5, 0.6) is 17.2 Å². The van der Waals surface area contributed by atoms with Gasteiger partial charge in [0.1, 0.15) is 17.2 Å². The number of aryl methyl sites for hydroxylation is 1. The summed E-state index contributed by atoms with van der Waals surface area (Å²) in [5.41, 5.74) is 5.08. The minimum Gasteiger partial charge on any atom is -0.496 e. The van der Waals surface area contributed by atoms with Crippen LogP contribution >= 0.6 is 0 Å². The first kappa shape index (κ1) is 13.8. The molecule has 0 unspecified atom stereocenters. The van der Waals surface area contributed by atoms with E-state index in [1.165, 1.54) is 23.1 Å². The summed E-state index contributed by atoms with van der Waals surface area (Å²) in [7, 11) is 5.01. The Hall–Kier alpha value is -2.16. The Balaban J connectivity index is 2.25. The molecule has 0 aromatic heterocycles. The molecule has 0 amide bonds. The first-order chi connectivity index (χ1) is 10.3. The van der Waals surface area contributed by atoms with Crippen molar-refractivity contribution in [1.82, 2.24) is 0 Å². The molecule has 0 N–H and O–H groups in total. The molecule has 0 atom stereocenters. The van der Waals surface area contributed by atoms with E-state index in [4.69, 9.17) is 14.2 Å². The van der Waals surface area contributed by atoms with Gasteiger partial charge in [-0.1, -0.05) is 18.2 Å². The van der Waals surface area contributed by atoms with Crippen LogP contribution in [0.15, 0.2) is 30.3 Å². The van der Waals surface area contributed by atoms with Gasteiger partial charge in [-0.3, -0.25) is 0 Å². The molecule has 3 rings (SSSR count). The third-order valence-electron chi connectivity index (χ3n) is 4.13. The minimum atomic E-state index is 0.736. The van der Waals surface area contributed by atoms with E-state index in [0.717, 1.165) is 35.7 Å². The van der Waals surface area contributed by atoms with Crippen molar-refractivity contribution in [2.75, 3.05) is 21.3 Å². The van der Waals surface area contributed by atoms with Crippen molar-refractivity contribution in [3.8, 4) is 28.4 Å². The molecule has 0 aliphatic heterocycles. The zero-order valence-electron chi connectivity index (χ0n) is 12.7. The zero-order valence-corrected chi connectivity index (χ0v) is 12.7. The highest BCUT2D eigenvalue weighted by molar-refractivity contribution is 5.81. The van der Waals surface area contributed by atoms with Gasteiger partial charge in [0.15, 0.2) is 0 Å². The van der Waals surface area contributed by atoms with E-state index in [-0.39, 0.29) is 0 Å². The summed E-state index contributed by atoms with van der Waals surface area (Å²) < 4.78 is 16.5. The summed E-state index contributed by atoms with van der Waals surface area (Å²) in [6, 6.07) is 10.3. The molecule has 0 saturated heterocycles. The SMILES string of the molecule is COc1cc(OC)c(-c2cccc3c2CCC3)c(OC)c1. The first-order valence-electron chi connectivity index (χ1n) is 7.19. The lowest BCUT2D eigenvalue weighted by atomic mass is 9.95. The zero-order chi connectivity index (χ0) is 14.8. The summed E-state index contributed by atoms with van der Waals surface area (Å²) in [4.78, 5) is 0. The Bertz CT molecular complexity index is 637. The highest BCUT2D eigenvalue weighted by atomic mass is 16.5. The predicted molar refractivity (Wildman–Crippen MR) is 83.6 cm³/mol. The quantitative estimate of drug-likeness (QED) is 0.853. The lowest BCUT2D eigenvalue weighted by Gasteiger charge is -2.17. The van der Waals surface area contributed by atoms with Crippen LogP contribution < -0.4 is 14.2 Å². The topological polar surface area (TPSA) is 27.7 Å². The molecule has 2 aromatic rings. The van der Waals surface area contributed by atoms with Crippen LogP contribution in [-0.4, -0.2) is 21.3 Å². The van der Waals surface area contributed by atoms with Crippen molar-refractivity contribution in [3.05, 3.63) is 41.5 Å². The Morgan fingerprint density at radius 2 is 1.57 bits per heavy atom. The fraction of sp³-hybridized carbons (Fsp3) is 0.333. The summed E-state index contributed by atoms with van der Waals surface area (Å²) in [5.74, 6) is 2.30. The smallest absolute Gasteiger partial charge is 0.134 e. The van der Waals surface area contributed by atoms with E-state index < -0.39 is 0 Å².